The van der Waals surface area contributed by atoms with Gasteiger partial charge in [-0.2, -0.15) is 0 Å². The molecule has 1 aromatic heterocycles. The molecule has 0 bridgehead atoms. The first-order chi connectivity index (χ1) is 8.13. The molecular weight excluding hydrogens is 294 g/mol. The Morgan fingerprint density at radius 1 is 1.35 bits per heavy atom. The highest BCUT2D eigenvalue weighted by atomic mass is 79.9. The van der Waals surface area contributed by atoms with Crippen LogP contribution in [0.1, 0.15) is 24.1 Å². The summed E-state index contributed by atoms with van der Waals surface area (Å²) in [6, 6.07) is 3.82. The number of halogens is 3. The van der Waals surface area contributed by atoms with Gasteiger partial charge in [0.05, 0.1) is 10.4 Å². The molecule has 0 saturated heterocycles. The van der Waals surface area contributed by atoms with E-state index >= 15 is 0 Å². The lowest BCUT2D eigenvalue weighted by atomic mass is 10.2. The standard InChI is InChI=1S/C11H9BrF2N2O/c1-2-7(12)11-16-15-10(17-11)6-4-3-5-8(13)9(6)14/h3-5,7H,2H2,1H3. The van der Waals surface area contributed by atoms with Crippen molar-refractivity contribution in [2.45, 2.75) is 18.2 Å². The normalized spacial score (nSPS) is 12.7. The Bertz CT molecular complexity index is 530. The van der Waals surface area contributed by atoms with E-state index in [2.05, 4.69) is 26.1 Å². The zero-order valence-corrected chi connectivity index (χ0v) is 10.5. The Hall–Kier alpha value is -1.30. The summed E-state index contributed by atoms with van der Waals surface area (Å²) in [5, 5.41) is 7.49. The fraction of sp³-hybridized carbons (Fsp3) is 0.273. The van der Waals surface area contributed by atoms with E-state index in [1.807, 2.05) is 6.92 Å². The molecule has 0 spiro atoms. The number of aromatic nitrogens is 2. The number of nitrogens with zero attached hydrogens (tertiary/aromatic N) is 2. The van der Waals surface area contributed by atoms with Gasteiger partial charge >= 0.3 is 0 Å². The highest BCUT2D eigenvalue weighted by molar-refractivity contribution is 9.09. The second kappa shape index (κ2) is 4.91. The van der Waals surface area contributed by atoms with Gasteiger partial charge in [0, 0.05) is 0 Å². The molecule has 0 aliphatic carbocycles. The van der Waals surface area contributed by atoms with Crippen molar-refractivity contribution in [2.75, 3.05) is 0 Å². The summed E-state index contributed by atoms with van der Waals surface area (Å²) in [5.74, 6) is -1.58. The van der Waals surface area contributed by atoms with Crippen LogP contribution in [0.15, 0.2) is 22.6 Å². The van der Waals surface area contributed by atoms with E-state index in [4.69, 9.17) is 4.42 Å². The minimum atomic E-state index is -0.981. The monoisotopic (exact) mass is 302 g/mol. The van der Waals surface area contributed by atoms with Crippen molar-refractivity contribution in [3.8, 4) is 11.5 Å². The van der Waals surface area contributed by atoms with Crippen molar-refractivity contribution in [2.24, 2.45) is 0 Å². The molecule has 0 amide bonds. The average molecular weight is 303 g/mol. The average Bonchev–Trinajstić information content (AvgIpc) is 2.81. The predicted molar refractivity (Wildman–Crippen MR) is 61.6 cm³/mol. The second-order valence-corrected chi connectivity index (χ2v) is 4.53. The summed E-state index contributed by atoms with van der Waals surface area (Å²) in [6.07, 6.45) is 0.757. The van der Waals surface area contributed by atoms with Gasteiger partial charge in [-0.25, -0.2) is 8.78 Å². The third kappa shape index (κ3) is 2.36. The smallest absolute Gasteiger partial charge is 0.250 e. The van der Waals surface area contributed by atoms with Crippen molar-refractivity contribution in [1.82, 2.24) is 10.2 Å². The summed E-state index contributed by atoms with van der Waals surface area (Å²) in [5.41, 5.74) is -0.0282. The quantitative estimate of drug-likeness (QED) is 0.808. The molecule has 90 valence electrons. The SMILES string of the molecule is CCC(Br)c1nnc(-c2cccc(F)c2F)o1. The summed E-state index contributed by atoms with van der Waals surface area (Å²) in [4.78, 5) is -0.0830. The highest BCUT2D eigenvalue weighted by Crippen LogP contribution is 2.29. The number of alkyl halides is 1. The van der Waals surface area contributed by atoms with Crippen molar-refractivity contribution in [3.05, 3.63) is 35.7 Å². The molecule has 0 aliphatic rings. The zero-order valence-electron chi connectivity index (χ0n) is 8.95. The number of benzene rings is 1. The van der Waals surface area contributed by atoms with E-state index in [1.54, 1.807) is 0 Å². The Balaban J connectivity index is 2.40. The molecule has 1 aromatic carbocycles. The molecule has 0 radical (unpaired) electrons. The lowest BCUT2D eigenvalue weighted by Gasteiger charge is -1.99. The van der Waals surface area contributed by atoms with Crippen LogP contribution in [0.3, 0.4) is 0 Å². The number of rotatable bonds is 3. The number of hydrogen-bond acceptors (Lipinski definition) is 3. The summed E-state index contributed by atoms with van der Waals surface area (Å²) >= 11 is 3.34. The molecule has 0 N–H and O–H groups in total. The van der Waals surface area contributed by atoms with Crippen LogP contribution in [0.4, 0.5) is 8.78 Å². The lowest BCUT2D eigenvalue weighted by Crippen LogP contribution is -1.88. The van der Waals surface area contributed by atoms with Crippen LogP contribution in [0.2, 0.25) is 0 Å². The Kier molecular flexibility index (Phi) is 3.51. The van der Waals surface area contributed by atoms with Gasteiger partial charge < -0.3 is 4.42 Å². The zero-order chi connectivity index (χ0) is 12.4. The fourth-order valence-corrected chi connectivity index (χ4v) is 1.50. The van der Waals surface area contributed by atoms with Crippen LogP contribution in [0.5, 0.6) is 0 Å². The fourth-order valence-electron chi connectivity index (χ4n) is 1.31. The van der Waals surface area contributed by atoms with E-state index in [-0.39, 0.29) is 16.3 Å². The molecule has 2 aromatic rings. The van der Waals surface area contributed by atoms with Gasteiger partial charge in [-0.15, -0.1) is 10.2 Å². The summed E-state index contributed by atoms with van der Waals surface area (Å²) in [6.45, 7) is 1.94. The maximum atomic E-state index is 13.5. The van der Waals surface area contributed by atoms with Gasteiger partial charge in [0.2, 0.25) is 5.89 Å². The van der Waals surface area contributed by atoms with E-state index in [0.29, 0.717) is 5.89 Å². The molecule has 3 nitrogen and oxygen atoms in total. The van der Waals surface area contributed by atoms with Gasteiger partial charge in [0.25, 0.3) is 5.89 Å². The molecule has 1 atom stereocenters. The first kappa shape index (κ1) is 12.2. The van der Waals surface area contributed by atoms with Crippen molar-refractivity contribution in [3.63, 3.8) is 0 Å². The van der Waals surface area contributed by atoms with Crippen molar-refractivity contribution < 1.29 is 13.2 Å². The lowest BCUT2D eigenvalue weighted by molar-refractivity contribution is 0.484. The Morgan fingerprint density at radius 3 is 2.82 bits per heavy atom. The molecular formula is C11H9BrF2N2O. The van der Waals surface area contributed by atoms with E-state index < -0.39 is 11.6 Å². The molecule has 17 heavy (non-hydrogen) atoms. The maximum Gasteiger partial charge on any atom is 0.250 e. The maximum absolute atomic E-state index is 13.5. The van der Waals surface area contributed by atoms with Gasteiger partial charge in [0.1, 0.15) is 0 Å². The van der Waals surface area contributed by atoms with Crippen LogP contribution < -0.4 is 0 Å². The van der Waals surface area contributed by atoms with Crippen LogP contribution in [0.25, 0.3) is 11.5 Å². The van der Waals surface area contributed by atoms with Gasteiger partial charge in [-0.05, 0) is 18.6 Å². The van der Waals surface area contributed by atoms with Gasteiger partial charge in [-0.3, -0.25) is 0 Å². The van der Waals surface area contributed by atoms with E-state index in [1.165, 1.54) is 12.1 Å². The van der Waals surface area contributed by atoms with Crippen LogP contribution in [-0.2, 0) is 0 Å². The Morgan fingerprint density at radius 2 is 2.12 bits per heavy atom. The number of hydrogen-bond donors (Lipinski definition) is 0. The van der Waals surface area contributed by atoms with Gasteiger partial charge in [-0.1, -0.05) is 28.9 Å². The highest BCUT2D eigenvalue weighted by Gasteiger charge is 2.18. The van der Waals surface area contributed by atoms with E-state index in [9.17, 15) is 8.78 Å². The van der Waals surface area contributed by atoms with Crippen LogP contribution in [0, 0.1) is 11.6 Å². The molecule has 6 heteroatoms. The molecule has 2 rings (SSSR count). The molecule has 0 fully saturated rings. The van der Waals surface area contributed by atoms with Crippen LogP contribution in [-0.4, -0.2) is 10.2 Å². The molecule has 0 saturated carbocycles. The Labute approximate surface area is 105 Å². The molecule has 1 heterocycles. The third-order valence-electron chi connectivity index (χ3n) is 2.25. The first-order valence-corrected chi connectivity index (χ1v) is 5.97. The van der Waals surface area contributed by atoms with Crippen LogP contribution >= 0.6 is 15.9 Å². The van der Waals surface area contributed by atoms with Crippen molar-refractivity contribution >= 4 is 15.9 Å². The third-order valence-corrected chi connectivity index (χ3v) is 3.29. The minimum Gasteiger partial charge on any atom is -0.419 e. The van der Waals surface area contributed by atoms with E-state index in [0.717, 1.165) is 12.5 Å². The topological polar surface area (TPSA) is 38.9 Å². The first-order valence-electron chi connectivity index (χ1n) is 5.05. The predicted octanol–water partition coefficient (Wildman–Crippen LogP) is 3.86. The molecule has 1 unspecified atom stereocenters. The largest absolute Gasteiger partial charge is 0.419 e. The minimum absolute atomic E-state index is 0.0186. The summed E-state index contributed by atoms with van der Waals surface area (Å²) < 4.78 is 31.8. The molecule has 0 aliphatic heterocycles. The summed E-state index contributed by atoms with van der Waals surface area (Å²) in [7, 11) is 0. The van der Waals surface area contributed by atoms with Gasteiger partial charge in [0.15, 0.2) is 11.6 Å². The second-order valence-electron chi connectivity index (χ2n) is 3.42. The van der Waals surface area contributed by atoms with Crippen molar-refractivity contribution in [1.29, 1.82) is 0 Å².